The van der Waals surface area contributed by atoms with Crippen molar-refractivity contribution in [3.63, 3.8) is 0 Å². The van der Waals surface area contributed by atoms with E-state index < -0.39 is 11.2 Å². The molecular weight excluding hydrogens is 198 g/mol. The highest BCUT2D eigenvalue weighted by atomic mass is 16.3. The van der Waals surface area contributed by atoms with Gasteiger partial charge in [-0.2, -0.15) is 0 Å². The van der Waals surface area contributed by atoms with Gasteiger partial charge in [0.15, 0.2) is 0 Å². The molecule has 1 fully saturated rings. The van der Waals surface area contributed by atoms with Crippen LogP contribution in [0.1, 0.15) is 6.42 Å². The molecule has 0 bridgehead atoms. The van der Waals surface area contributed by atoms with Crippen LogP contribution < -0.4 is 16.3 Å². The summed E-state index contributed by atoms with van der Waals surface area (Å²) in [5.41, 5.74) is -0.824. The number of aliphatic hydroxyl groups excluding tert-OH is 1. The molecule has 2 rings (SSSR count). The molecule has 1 aliphatic heterocycles. The first-order valence-corrected chi connectivity index (χ1v) is 4.89. The van der Waals surface area contributed by atoms with Crippen LogP contribution in [0, 0.1) is 5.92 Å². The van der Waals surface area contributed by atoms with Crippen molar-refractivity contribution in [1.82, 2.24) is 9.66 Å². The summed E-state index contributed by atoms with van der Waals surface area (Å²) in [7, 11) is 0. The zero-order valence-corrected chi connectivity index (χ0v) is 8.22. The van der Waals surface area contributed by atoms with E-state index in [1.54, 1.807) is 0 Å². The average molecular weight is 211 g/mol. The van der Waals surface area contributed by atoms with Gasteiger partial charge in [0.05, 0.1) is 0 Å². The molecule has 0 amide bonds. The van der Waals surface area contributed by atoms with Crippen molar-refractivity contribution >= 4 is 0 Å². The maximum absolute atomic E-state index is 11.4. The van der Waals surface area contributed by atoms with Gasteiger partial charge in [0.25, 0.3) is 5.56 Å². The Bertz CT molecular complexity index is 450. The van der Waals surface area contributed by atoms with E-state index in [0.29, 0.717) is 6.54 Å². The third-order valence-electron chi connectivity index (χ3n) is 2.63. The summed E-state index contributed by atoms with van der Waals surface area (Å²) in [4.78, 5) is 24.5. The van der Waals surface area contributed by atoms with E-state index in [4.69, 9.17) is 5.11 Å². The van der Waals surface area contributed by atoms with E-state index in [-0.39, 0.29) is 12.5 Å². The quantitative estimate of drug-likeness (QED) is 0.623. The minimum Gasteiger partial charge on any atom is -0.396 e. The average Bonchev–Trinajstić information content (AvgIpc) is 2.66. The van der Waals surface area contributed by atoms with E-state index in [9.17, 15) is 9.59 Å². The monoisotopic (exact) mass is 211 g/mol. The van der Waals surface area contributed by atoms with Gasteiger partial charge in [0.1, 0.15) is 0 Å². The van der Waals surface area contributed by atoms with Crippen LogP contribution in [0.15, 0.2) is 21.9 Å². The fraction of sp³-hybridized carbons (Fsp3) is 0.556. The summed E-state index contributed by atoms with van der Waals surface area (Å²) in [5, 5.41) is 10.8. The van der Waals surface area contributed by atoms with Crippen molar-refractivity contribution in [3.8, 4) is 0 Å². The zero-order valence-electron chi connectivity index (χ0n) is 8.22. The van der Waals surface area contributed by atoms with E-state index >= 15 is 0 Å². The van der Waals surface area contributed by atoms with Crippen LogP contribution >= 0.6 is 0 Å². The molecule has 15 heavy (non-hydrogen) atoms. The van der Waals surface area contributed by atoms with Gasteiger partial charge in [0.2, 0.25) is 0 Å². The summed E-state index contributed by atoms with van der Waals surface area (Å²) in [6, 6.07) is 1.31. The molecule has 2 N–H and O–H groups in total. The SMILES string of the molecule is O=c1ccn(N2CC[C@@H](CO)C2)c(=O)[nH]1. The molecule has 0 radical (unpaired) electrons. The molecular formula is C9H13N3O3. The standard InChI is InChI=1S/C9H13N3O3/c13-6-7-1-3-11(5-7)12-4-2-8(14)10-9(12)15/h2,4,7,13H,1,3,5-6H2,(H,10,14,15)/t7-/m1/s1. The predicted molar refractivity (Wildman–Crippen MR) is 54.5 cm³/mol. The van der Waals surface area contributed by atoms with E-state index in [0.717, 1.165) is 13.0 Å². The topological polar surface area (TPSA) is 78.3 Å². The number of nitrogens with one attached hydrogen (secondary N) is 1. The maximum Gasteiger partial charge on any atom is 0.347 e. The van der Waals surface area contributed by atoms with Gasteiger partial charge in [-0.1, -0.05) is 0 Å². The summed E-state index contributed by atoms with van der Waals surface area (Å²) in [5.74, 6) is 0.212. The summed E-state index contributed by atoms with van der Waals surface area (Å²) >= 11 is 0. The van der Waals surface area contributed by atoms with Crippen LogP contribution in [0.2, 0.25) is 0 Å². The fourth-order valence-corrected chi connectivity index (χ4v) is 1.79. The summed E-state index contributed by atoms with van der Waals surface area (Å²) in [6.07, 6.45) is 2.32. The molecule has 1 aromatic heterocycles. The van der Waals surface area contributed by atoms with Crippen molar-refractivity contribution in [3.05, 3.63) is 33.1 Å². The molecule has 2 heterocycles. The Hall–Kier alpha value is -1.56. The first-order valence-electron chi connectivity index (χ1n) is 4.89. The number of rotatable bonds is 2. The first kappa shape index (κ1) is 9.97. The van der Waals surface area contributed by atoms with Crippen LogP contribution in [0.4, 0.5) is 0 Å². The predicted octanol–water partition coefficient (Wildman–Crippen LogP) is -1.51. The minimum atomic E-state index is -0.430. The van der Waals surface area contributed by atoms with Crippen molar-refractivity contribution in [2.24, 2.45) is 5.92 Å². The van der Waals surface area contributed by atoms with Crippen molar-refractivity contribution in [1.29, 1.82) is 0 Å². The number of hydrogen-bond donors (Lipinski definition) is 2. The van der Waals surface area contributed by atoms with Crippen LogP contribution in [0.3, 0.4) is 0 Å². The number of hydrogen-bond acceptors (Lipinski definition) is 4. The molecule has 6 heteroatoms. The molecule has 6 nitrogen and oxygen atoms in total. The molecule has 1 aliphatic rings. The van der Waals surface area contributed by atoms with E-state index in [1.165, 1.54) is 16.9 Å². The minimum absolute atomic E-state index is 0.134. The number of aromatic nitrogens is 2. The van der Waals surface area contributed by atoms with Gasteiger partial charge >= 0.3 is 5.69 Å². The van der Waals surface area contributed by atoms with Crippen molar-refractivity contribution in [2.75, 3.05) is 24.7 Å². The molecule has 1 saturated heterocycles. The number of nitrogens with zero attached hydrogens (tertiary/aromatic N) is 2. The molecule has 0 saturated carbocycles. The van der Waals surface area contributed by atoms with Crippen LogP contribution in [-0.4, -0.2) is 34.5 Å². The molecule has 82 valence electrons. The lowest BCUT2D eigenvalue weighted by Gasteiger charge is -2.19. The number of aliphatic hydroxyl groups is 1. The Morgan fingerprint density at radius 3 is 2.93 bits per heavy atom. The van der Waals surface area contributed by atoms with E-state index in [2.05, 4.69) is 4.98 Å². The Morgan fingerprint density at radius 2 is 2.33 bits per heavy atom. The van der Waals surface area contributed by atoms with Gasteiger partial charge in [0, 0.05) is 37.9 Å². The Morgan fingerprint density at radius 1 is 1.53 bits per heavy atom. The van der Waals surface area contributed by atoms with Crippen LogP contribution in [0.5, 0.6) is 0 Å². The van der Waals surface area contributed by atoms with Gasteiger partial charge in [-0.25, -0.2) is 9.47 Å². The molecule has 0 aromatic carbocycles. The lowest BCUT2D eigenvalue weighted by atomic mass is 10.1. The third kappa shape index (κ3) is 1.94. The van der Waals surface area contributed by atoms with Gasteiger partial charge in [-0.05, 0) is 6.42 Å². The normalized spacial score (nSPS) is 20.9. The third-order valence-corrected chi connectivity index (χ3v) is 2.63. The molecule has 0 spiro atoms. The molecule has 0 unspecified atom stereocenters. The lowest BCUT2D eigenvalue weighted by molar-refractivity contribution is 0.237. The van der Waals surface area contributed by atoms with Crippen molar-refractivity contribution in [2.45, 2.75) is 6.42 Å². The summed E-state index contributed by atoms with van der Waals surface area (Å²) < 4.78 is 1.39. The van der Waals surface area contributed by atoms with Crippen molar-refractivity contribution < 1.29 is 5.11 Å². The second-order valence-electron chi connectivity index (χ2n) is 3.70. The highest BCUT2D eigenvalue weighted by Gasteiger charge is 2.22. The largest absolute Gasteiger partial charge is 0.396 e. The lowest BCUT2D eigenvalue weighted by Crippen LogP contribution is -2.43. The number of H-pyrrole nitrogens is 1. The maximum atomic E-state index is 11.4. The van der Waals surface area contributed by atoms with Crippen LogP contribution in [0.25, 0.3) is 0 Å². The first-order chi connectivity index (χ1) is 7.20. The fourth-order valence-electron chi connectivity index (χ4n) is 1.79. The second kappa shape index (κ2) is 3.90. The second-order valence-corrected chi connectivity index (χ2v) is 3.70. The Labute approximate surface area is 85.7 Å². The van der Waals surface area contributed by atoms with Crippen LogP contribution in [-0.2, 0) is 0 Å². The molecule has 1 atom stereocenters. The van der Waals surface area contributed by atoms with Gasteiger partial charge in [-0.3, -0.25) is 9.78 Å². The van der Waals surface area contributed by atoms with Gasteiger partial charge in [-0.15, -0.1) is 0 Å². The zero-order chi connectivity index (χ0) is 10.8. The Kier molecular flexibility index (Phi) is 2.59. The van der Waals surface area contributed by atoms with E-state index in [1.807, 2.05) is 5.01 Å². The molecule has 1 aromatic rings. The highest BCUT2D eigenvalue weighted by molar-refractivity contribution is 4.97. The highest BCUT2D eigenvalue weighted by Crippen LogP contribution is 2.12. The Balaban J connectivity index is 2.24. The smallest absolute Gasteiger partial charge is 0.347 e. The van der Waals surface area contributed by atoms with Gasteiger partial charge < -0.3 is 10.1 Å². The molecule has 0 aliphatic carbocycles. The number of aromatic amines is 1. The summed E-state index contributed by atoms with van der Waals surface area (Å²) in [6.45, 7) is 1.49.